The molecule has 8 rings (SSSR count). The summed E-state index contributed by atoms with van der Waals surface area (Å²) >= 11 is 0. The van der Waals surface area contributed by atoms with Crippen LogP contribution in [0.3, 0.4) is 0 Å². The number of hydrogen-bond acceptors (Lipinski definition) is 2. The van der Waals surface area contributed by atoms with Gasteiger partial charge in [0.15, 0.2) is 0 Å². The Kier molecular flexibility index (Phi) is 4.68. The predicted molar refractivity (Wildman–Crippen MR) is 164 cm³/mol. The summed E-state index contributed by atoms with van der Waals surface area (Å²) in [6.45, 7) is 2.86. The smallest absolute Gasteiger partial charge is 0.140 e. The lowest BCUT2D eigenvalue weighted by molar-refractivity contribution is 1.16. The van der Waals surface area contributed by atoms with E-state index in [2.05, 4.69) is 94.1 Å². The van der Waals surface area contributed by atoms with Crippen molar-refractivity contribution in [3.63, 3.8) is 0 Å². The second-order valence-electron chi connectivity index (χ2n) is 10.3. The molecule has 0 atom stereocenters. The molecule has 0 aliphatic carbocycles. The third-order valence-corrected chi connectivity index (χ3v) is 7.83. The summed E-state index contributed by atoms with van der Waals surface area (Å²) in [5.74, 6) is 0.826. The first kappa shape index (κ1) is 22.1. The lowest BCUT2D eigenvalue weighted by Gasteiger charge is -2.10. The quantitative estimate of drug-likeness (QED) is 0.152. The van der Waals surface area contributed by atoms with E-state index < -0.39 is 0 Å². The van der Waals surface area contributed by atoms with Crippen LogP contribution in [0.2, 0.25) is 0 Å². The molecule has 0 unspecified atom stereocenters. The van der Waals surface area contributed by atoms with Crippen LogP contribution < -0.4 is 10.8 Å². The fraction of sp³-hybridized carbons (Fsp3) is 0.0606. The van der Waals surface area contributed by atoms with Crippen LogP contribution in [0.5, 0.6) is 0 Å². The van der Waals surface area contributed by atoms with Gasteiger partial charge in [-0.05, 0) is 53.6 Å². The molecule has 0 bridgehead atoms. The van der Waals surface area contributed by atoms with Gasteiger partial charge in [0.05, 0.1) is 11.0 Å². The number of nitrogens with zero attached hydrogens (tertiary/aromatic N) is 1. The Labute approximate surface area is 225 Å². The van der Waals surface area contributed by atoms with Gasteiger partial charge in [-0.2, -0.15) is 0 Å². The highest BCUT2D eigenvalue weighted by Crippen LogP contribution is 2.37. The average Bonchev–Trinajstić information content (AvgIpc) is 3.68. The summed E-state index contributed by atoms with van der Waals surface area (Å²) in [5.41, 5.74) is 9.50. The first-order valence-corrected chi connectivity index (χ1v) is 13.1. The minimum absolute atomic E-state index is 0.730. The molecule has 0 aliphatic heterocycles. The molecule has 0 saturated heterocycles. The van der Waals surface area contributed by atoms with E-state index in [0.29, 0.717) is 0 Å². The Hall–Kier alpha value is -4.97. The van der Waals surface area contributed by atoms with Gasteiger partial charge in [-0.1, -0.05) is 59.6 Å². The molecular formula is C33H24BN5. The van der Waals surface area contributed by atoms with E-state index in [1.165, 1.54) is 27.3 Å². The summed E-state index contributed by atoms with van der Waals surface area (Å²) < 4.78 is 0. The van der Waals surface area contributed by atoms with Crippen molar-refractivity contribution >= 4 is 73.4 Å². The van der Waals surface area contributed by atoms with E-state index >= 15 is 0 Å². The zero-order valence-electron chi connectivity index (χ0n) is 21.4. The number of aromatic nitrogens is 4. The molecule has 3 heterocycles. The molecule has 6 heteroatoms. The van der Waals surface area contributed by atoms with E-state index in [9.17, 15) is 0 Å². The monoisotopic (exact) mass is 501 g/mol. The van der Waals surface area contributed by atoms with Crippen molar-refractivity contribution in [2.45, 2.75) is 13.5 Å². The first-order valence-electron chi connectivity index (χ1n) is 13.1. The largest absolute Gasteiger partial charge is 0.381 e. The average molecular weight is 501 g/mol. The van der Waals surface area contributed by atoms with Crippen LogP contribution in [-0.4, -0.2) is 27.8 Å². The van der Waals surface area contributed by atoms with Crippen LogP contribution in [0.1, 0.15) is 11.1 Å². The van der Waals surface area contributed by atoms with E-state index in [0.717, 1.165) is 67.3 Å². The van der Waals surface area contributed by atoms with E-state index in [1.807, 2.05) is 24.4 Å². The van der Waals surface area contributed by atoms with Gasteiger partial charge in [0.2, 0.25) is 0 Å². The molecule has 5 aromatic carbocycles. The number of imidazole rings is 1. The highest BCUT2D eigenvalue weighted by Gasteiger charge is 2.16. The molecule has 8 aromatic rings. The molecule has 5 nitrogen and oxygen atoms in total. The van der Waals surface area contributed by atoms with Crippen molar-refractivity contribution in [1.82, 2.24) is 19.9 Å². The number of aryl methyl sites for hydroxylation is 1. The molecule has 184 valence electrons. The minimum Gasteiger partial charge on any atom is -0.381 e. The third kappa shape index (κ3) is 3.45. The standard InChI is InChI=1S/C33H24BN5/c1-18-6-10-29-25(12-18)19(16-36-29)15-35-21-8-9-23-22-4-2-3-5-24(22)31-32(27(23)14-21)39-33(38-31)28-17-37-30-11-7-20(34)13-26(28)30/h2-14,16-17,35-37H,15H2,1H3,(H,38,39). The summed E-state index contributed by atoms with van der Waals surface area (Å²) in [7, 11) is 6.12. The number of fused-ring (bicyclic) bond motifs is 8. The SMILES string of the molecule is [B]c1ccc2[nH]cc(-c3nc4c5cc(NCc6c[nH]c7ccc(C)cc67)ccc5c5ccccc5c4[nH]3)c2c1. The molecular weight excluding hydrogens is 477 g/mol. The zero-order valence-corrected chi connectivity index (χ0v) is 21.4. The van der Waals surface area contributed by atoms with Gasteiger partial charge < -0.3 is 20.3 Å². The molecule has 39 heavy (non-hydrogen) atoms. The molecule has 0 spiro atoms. The number of aromatic amines is 3. The maximum absolute atomic E-state index is 6.12. The van der Waals surface area contributed by atoms with E-state index in [-0.39, 0.29) is 0 Å². The number of H-pyrrole nitrogens is 3. The summed E-state index contributed by atoms with van der Waals surface area (Å²) in [6, 6.07) is 27.6. The predicted octanol–water partition coefficient (Wildman–Crippen LogP) is 7.21. The number of rotatable bonds is 4. The molecule has 0 amide bonds. The Bertz CT molecular complexity index is 2220. The van der Waals surface area contributed by atoms with Gasteiger partial charge in [-0.3, -0.25) is 0 Å². The van der Waals surface area contributed by atoms with Crippen molar-refractivity contribution in [3.05, 3.63) is 102 Å². The van der Waals surface area contributed by atoms with Crippen LogP contribution in [0.25, 0.3) is 65.8 Å². The molecule has 0 saturated carbocycles. The van der Waals surface area contributed by atoms with Crippen molar-refractivity contribution in [1.29, 1.82) is 0 Å². The normalized spacial score (nSPS) is 11.9. The minimum atomic E-state index is 0.730. The molecule has 2 radical (unpaired) electrons. The number of benzene rings is 5. The van der Waals surface area contributed by atoms with Crippen molar-refractivity contribution in [2.75, 3.05) is 5.32 Å². The third-order valence-electron chi connectivity index (χ3n) is 7.83. The van der Waals surface area contributed by atoms with Gasteiger partial charge >= 0.3 is 0 Å². The summed E-state index contributed by atoms with van der Waals surface area (Å²) in [4.78, 5) is 15.6. The maximum atomic E-state index is 6.12. The number of anilines is 1. The molecule has 0 aliphatic rings. The summed E-state index contributed by atoms with van der Waals surface area (Å²) in [6.07, 6.45) is 4.10. The number of hydrogen-bond donors (Lipinski definition) is 4. The van der Waals surface area contributed by atoms with Crippen LogP contribution >= 0.6 is 0 Å². The second kappa shape index (κ2) is 8.27. The van der Waals surface area contributed by atoms with Gasteiger partial charge in [-0.15, -0.1) is 0 Å². The molecule has 0 fully saturated rings. The van der Waals surface area contributed by atoms with Gasteiger partial charge in [-0.25, -0.2) is 4.98 Å². The van der Waals surface area contributed by atoms with Crippen molar-refractivity contribution < 1.29 is 0 Å². The highest BCUT2D eigenvalue weighted by molar-refractivity contribution is 6.33. The fourth-order valence-electron chi connectivity index (χ4n) is 5.88. The lowest BCUT2D eigenvalue weighted by Crippen LogP contribution is -1.99. The van der Waals surface area contributed by atoms with Gasteiger partial charge in [0.25, 0.3) is 0 Å². The Morgan fingerprint density at radius 2 is 1.54 bits per heavy atom. The van der Waals surface area contributed by atoms with Crippen molar-refractivity contribution in [2.24, 2.45) is 0 Å². The highest BCUT2D eigenvalue weighted by atomic mass is 14.9. The van der Waals surface area contributed by atoms with E-state index in [4.69, 9.17) is 12.8 Å². The van der Waals surface area contributed by atoms with Crippen LogP contribution in [0.4, 0.5) is 5.69 Å². The first-order chi connectivity index (χ1) is 19.1. The number of nitrogens with one attached hydrogen (secondary N) is 4. The maximum Gasteiger partial charge on any atom is 0.140 e. The topological polar surface area (TPSA) is 72.3 Å². The molecule has 4 N–H and O–H groups in total. The van der Waals surface area contributed by atoms with Crippen molar-refractivity contribution in [3.8, 4) is 11.4 Å². The lowest BCUT2D eigenvalue weighted by atomic mass is 9.94. The van der Waals surface area contributed by atoms with Gasteiger partial charge in [0, 0.05) is 62.8 Å². The Morgan fingerprint density at radius 3 is 2.46 bits per heavy atom. The summed E-state index contributed by atoms with van der Waals surface area (Å²) in [5, 5.41) is 10.6. The van der Waals surface area contributed by atoms with Gasteiger partial charge in [0.1, 0.15) is 13.7 Å². The molecule has 3 aromatic heterocycles. The zero-order chi connectivity index (χ0) is 26.1. The fourth-order valence-corrected chi connectivity index (χ4v) is 5.88. The van der Waals surface area contributed by atoms with Crippen LogP contribution in [0, 0.1) is 6.92 Å². The van der Waals surface area contributed by atoms with Crippen LogP contribution in [-0.2, 0) is 6.54 Å². The van der Waals surface area contributed by atoms with Crippen LogP contribution in [0.15, 0.2) is 91.3 Å². The Balaban J connectivity index is 1.28. The Morgan fingerprint density at radius 1 is 0.744 bits per heavy atom. The second-order valence-corrected chi connectivity index (χ2v) is 10.3. The van der Waals surface area contributed by atoms with E-state index in [1.54, 1.807) is 0 Å².